The van der Waals surface area contributed by atoms with Gasteiger partial charge in [-0.1, -0.05) is 37.3 Å². The van der Waals surface area contributed by atoms with Gasteiger partial charge in [-0.25, -0.2) is 0 Å². The number of benzene rings is 1. The lowest BCUT2D eigenvalue weighted by atomic mass is 9.78. The molecule has 2 rings (SSSR count). The molecule has 0 bridgehead atoms. The molecule has 0 unspecified atom stereocenters. The lowest BCUT2D eigenvalue weighted by molar-refractivity contribution is -0.150. The Labute approximate surface area is 119 Å². The van der Waals surface area contributed by atoms with Crippen LogP contribution in [0.15, 0.2) is 30.3 Å². The number of aliphatic carboxylic acids is 1. The largest absolute Gasteiger partial charge is 0.481 e. The van der Waals surface area contributed by atoms with Crippen molar-refractivity contribution in [3.63, 3.8) is 0 Å². The van der Waals surface area contributed by atoms with E-state index in [9.17, 15) is 14.7 Å². The highest BCUT2D eigenvalue weighted by Gasteiger charge is 2.54. The normalized spacial score (nSPS) is 27.6. The van der Waals surface area contributed by atoms with Crippen molar-refractivity contribution < 1.29 is 14.7 Å². The van der Waals surface area contributed by atoms with Crippen molar-refractivity contribution in [2.45, 2.75) is 33.2 Å². The van der Waals surface area contributed by atoms with Crippen LogP contribution >= 0.6 is 0 Å². The minimum atomic E-state index is -0.991. The van der Waals surface area contributed by atoms with Crippen LogP contribution in [0.1, 0.15) is 38.8 Å². The first-order valence-electron chi connectivity index (χ1n) is 7.00. The lowest BCUT2D eigenvalue weighted by Crippen LogP contribution is -2.36. The van der Waals surface area contributed by atoms with Gasteiger partial charge in [0.15, 0.2) is 0 Å². The van der Waals surface area contributed by atoms with Crippen molar-refractivity contribution in [3.8, 4) is 0 Å². The number of nitrogens with zero attached hydrogens (tertiary/aromatic N) is 1. The third-order valence-electron chi connectivity index (χ3n) is 4.50. The van der Waals surface area contributed by atoms with E-state index < -0.39 is 17.3 Å². The van der Waals surface area contributed by atoms with Gasteiger partial charge < -0.3 is 10.0 Å². The van der Waals surface area contributed by atoms with E-state index in [4.69, 9.17) is 0 Å². The molecule has 1 saturated heterocycles. The average Bonchev–Trinajstić information content (AvgIpc) is 2.71. The summed E-state index contributed by atoms with van der Waals surface area (Å²) in [7, 11) is 0. The summed E-state index contributed by atoms with van der Waals surface area (Å²) in [6, 6.07) is 9.63. The lowest BCUT2D eigenvalue weighted by Gasteiger charge is -2.26. The van der Waals surface area contributed by atoms with Crippen molar-refractivity contribution in [1.82, 2.24) is 4.90 Å². The van der Waals surface area contributed by atoms with Gasteiger partial charge in [0.2, 0.25) is 5.91 Å². The smallest absolute Gasteiger partial charge is 0.311 e. The number of carbonyl (C=O) groups is 2. The van der Waals surface area contributed by atoms with Gasteiger partial charge in [-0.3, -0.25) is 9.59 Å². The molecule has 1 aromatic carbocycles. The molecule has 0 spiro atoms. The monoisotopic (exact) mass is 275 g/mol. The molecule has 4 nitrogen and oxygen atoms in total. The molecule has 1 aliphatic rings. The van der Waals surface area contributed by atoms with Gasteiger partial charge in [0.1, 0.15) is 0 Å². The Bertz CT molecular complexity index is 514. The molecule has 0 aromatic heterocycles. The summed E-state index contributed by atoms with van der Waals surface area (Å²) in [6.45, 7) is 5.78. The van der Waals surface area contributed by atoms with Crippen LogP contribution in [0.2, 0.25) is 0 Å². The first kappa shape index (κ1) is 14.6. The van der Waals surface area contributed by atoms with Gasteiger partial charge >= 0.3 is 5.97 Å². The van der Waals surface area contributed by atoms with Gasteiger partial charge in [0.05, 0.1) is 17.4 Å². The molecule has 1 amide bonds. The van der Waals surface area contributed by atoms with Crippen LogP contribution in [-0.2, 0) is 9.59 Å². The number of amides is 1. The molecule has 0 saturated carbocycles. The van der Waals surface area contributed by atoms with Crippen LogP contribution in [0.4, 0.5) is 0 Å². The number of hydrogen-bond donors (Lipinski definition) is 1. The fourth-order valence-electron chi connectivity index (χ4n) is 3.10. The Morgan fingerprint density at radius 2 is 2.05 bits per heavy atom. The molecular formula is C16H21NO3. The summed E-state index contributed by atoms with van der Waals surface area (Å²) in [6.07, 6.45) is 0.555. The highest BCUT2D eigenvalue weighted by molar-refractivity contribution is 5.91. The molecule has 1 aromatic rings. The van der Waals surface area contributed by atoms with E-state index in [0.717, 1.165) is 5.56 Å². The van der Waals surface area contributed by atoms with Crippen molar-refractivity contribution in [3.05, 3.63) is 35.9 Å². The quantitative estimate of drug-likeness (QED) is 0.919. The molecule has 0 aliphatic carbocycles. The topological polar surface area (TPSA) is 57.6 Å². The summed E-state index contributed by atoms with van der Waals surface area (Å²) in [5.74, 6) is -1.37. The van der Waals surface area contributed by atoms with Crippen molar-refractivity contribution in [1.29, 1.82) is 0 Å². The Hall–Kier alpha value is -1.84. The van der Waals surface area contributed by atoms with Crippen LogP contribution in [0, 0.1) is 11.3 Å². The van der Waals surface area contributed by atoms with E-state index in [-0.39, 0.29) is 18.5 Å². The molecule has 0 radical (unpaired) electrons. The third kappa shape index (κ3) is 2.19. The van der Waals surface area contributed by atoms with Crippen LogP contribution in [0.3, 0.4) is 0 Å². The molecule has 1 aliphatic heterocycles. The summed E-state index contributed by atoms with van der Waals surface area (Å²) < 4.78 is 0. The summed E-state index contributed by atoms with van der Waals surface area (Å²) in [5, 5.41) is 9.48. The molecule has 3 atom stereocenters. The Morgan fingerprint density at radius 3 is 2.50 bits per heavy atom. The number of hydrogen-bond acceptors (Lipinski definition) is 2. The van der Waals surface area contributed by atoms with E-state index in [0.29, 0.717) is 6.42 Å². The molecule has 4 heteroatoms. The number of carbonyl (C=O) groups excluding carboxylic acids is 1. The standard InChI is InChI=1S/C16H21NO3/c1-4-13-14(18)17(10-16(13,3)15(19)20)11(2)12-8-6-5-7-9-12/h5-9,11,13H,4,10H2,1-3H3,(H,19,20)/t11-,13-,16+/m1/s1. The second-order valence-corrected chi connectivity index (χ2v) is 5.74. The number of likely N-dealkylation sites (tertiary alicyclic amines) is 1. The average molecular weight is 275 g/mol. The van der Waals surface area contributed by atoms with Gasteiger partial charge in [-0.2, -0.15) is 0 Å². The Kier molecular flexibility index (Phi) is 3.84. The maximum Gasteiger partial charge on any atom is 0.311 e. The van der Waals surface area contributed by atoms with E-state index in [1.807, 2.05) is 44.2 Å². The molecule has 1 fully saturated rings. The fraction of sp³-hybridized carbons (Fsp3) is 0.500. The minimum Gasteiger partial charge on any atom is -0.481 e. The summed E-state index contributed by atoms with van der Waals surface area (Å²) in [5.41, 5.74) is 0.0415. The van der Waals surface area contributed by atoms with E-state index in [1.165, 1.54) is 0 Å². The van der Waals surface area contributed by atoms with Gasteiger partial charge in [-0.05, 0) is 25.8 Å². The van der Waals surface area contributed by atoms with Crippen LogP contribution in [0.5, 0.6) is 0 Å². The Balaban J connectivity index is 2.31. The zero-order valence-electron chi connectivity index (χ0n) is 12.2. The Morgan fingerprint density at radius 1 is 1.45 bits per heavy atom. The highest BCUT2D eigenvalue weighted by atomic mass is 16.4. The number of rotatable bonds is 4. The molecule has 20 heavy (non-hydrogen) atoms. The van der Waals surface area contributed by atoms with Gasteiger partial charge in [0, 0.05) is 6.54 Å². The zero-order chi connectivity index (χ0) is 14.9. The third-order valence-corrected chi connectivity index (χ3v) is 4.50. The summed E-state index contributed by atoms with van der Waals surface area (Å²) >= 11 is 0. The first-order chi connectivity index (χ1) is 9.41. The fourth-order valence-corrected chi connectivity index (χ4v) is 3.10. The summed E-state index contributed by atoms with van der Waals surface area (Å²) in [4.78, 5) is 25.8. The maximum atomic E-state index is 12.5. The number of carboxylic acid groups (broad SMARTS) is 1. The predicted molar refractivity (Wildman–Crippen MR) is 76.1 cm³/mol. The van der Waals surface area contributed by atoms with Crippen LogP contribution < -0.4 is 0 Å². The van der Waals surface area contributed by atoms with Crippen LogP contribution in [0.25, 0.3) is 0 Å². The maximum absolute atomic E-state index is 12.5. The van der Waals surface area contributed by atoms with Crippen molar-refractivity contribution in [2.24, 2.45) is 11.3 Å². The minimum absolute atomic E-state index is 0.0475. The highest BCUT2D eigenvalue weighted by Crippen LogP contribution is 2.42. The van der Waals surface area contributed by atoms with E-state index >= 15 is 0 Å². The van der Waals surface area contributed by atoms with E-state index in [1.54, 1.807) is 11.8 Å². The van der Waals surface area contributed by atoms with Gasteiger partial charge in [0.25, 0.3) is 0 Å². The van der Waals surface area contributed by atoms with Crippen LogP contribution in [-0.4, -0.2) is 28.4 Å². The van der Waals surface area contributed by atoms with Crippen molar-refractivity contribution in [2.75, 3.05) is 6.54 Å². The molecule has 1 heterocycles. The second-order valence-electron chi connectivity index (χ2n) is 5.74. The number of carboxylic acids is 1. The second kappa shape index (κ2) is 5.27. The molecular weight excluding hydrogens is 254 g/mol. The first-order valence-corrected chi connectivity index (χ1v) is 7.00. The van der Waals surface area contributed by atoms with Gasteiger partial charge in [-0.15, -0.1) is 0 Å². The predicted octanol–water partition coefficient (Wildman–Crippen LogP) is 2.71. The van der Waals surface area contributed by atoms with Crippen molar-refractivity contribution >= 4 is 11.9 Å². The SMILES string of the molecule is CC[C@@H]1C(=O)N([C@H](C)c2ccccc2)C[C@]1(C)C(=O)O. The molecule has 1 N–H and O–H groups in total. The zero-order valence-corrected chi connectivity index (χ0v) is 12.2. The van der Waals surface area contributed by atoms with E-state index in [2.05, 4.69) is 0 Å². The molecule has 108 valence electrons.